The summed E-state index contributed by atoms with van der Waals surface area (Å²) in [7, 11) is 2.19. The third-order valence-corrected chi connectivity index (χ3v) is 11.3. The Morgan fingerprint density at radius 2 is 2.08 bits per heavy atom. The van der Waals surface area contributed by atoms with E-state index in [9.17, 15) is 0 Å². The van der Waals surface area contributed by atoms with E-state index in [2.05, 4.69) is 73.3 Å². The van der Waals surface area contributed by atoms with E-state index in [1.807, 2.05) is 12.3 Å². The van der Waals surface area contributed by atoms with E-state index in [0.717, 1.165) is 58.3 Å². The number of imidazole rings is 1. The van der Waals surface area contributed by atoms with Gasteiger partial charge in [0.15, 0.2) is 5.82 Å². The fourth-order valence-corrected chi connectivity index (χ4v) is 9.31. The molecule has 7 heteroatoms. The molecule has 5 atom stereocenters. The summed E-state index contributed by atoms with van der Waals surface area (Å²) < 4.78 is 5.83. The average molecular weight is 617 g/mol. The number of nitrogens with one attached hydrogen (secondary N) is 1. The van der Waals surface area contributed by atoms with Crippen molar-refractivity contribution in [1.29, 1.82) is 0 Å². The van der Waals surface area contributed by atoms with E-state index < -0.39 is 0 Å². The van der Waals surface area contributed by atoms with Gasteiger partial charge in [-0.15, -0.1) is 0 Å². The molecule has 2 aliphatic heterocycles. The quantitative estimate of drug-likeness (QED) is 0.224. The van der Waals surface area contributed by atoms with Crippen molar-refractivity contribution in [2.24, 2.45) is 24.3 Å². The first-order valence-corrected chi connectivity index (χ1v) is 15.8. The SMILES string of the molecule is C=C(c1cc(CCI)c2c(c1)nc(-c1cc3cccnc3n1CC1CC1)n2C)N1CC2CC3N[C@@H]4CC1C234. The normalized spacial score (nSPS) is 30.6. The lowest BCUT2D eigenvalue weighted by molar-refractivity contribution is -0.198. The van der Waals surface area contributed by atoms with Crippen molar-refractivity contribution < 1.29 is 0 Å². The van der Waals surface area contributed by atoms with E-state index in [-0.39, 0.29) is 0 Å². The van der Waals surface area contributed by atoms with Crippen LogP contribution in [0.1, 0.15) is 36.8 Å². The average Bonchev–Trinajstić information content (AvgIpc) is 3.43. The molecule has 6 nitrogen and oxygen atoms in total. The molecule has 9 rings (SSSR count). The molecule has 194 valence electrons. The van der Waals surface area contributed by atoms with Gasteiger partial charge in [0.2, 0.25) is 0 Å². The fourth-order valence-electron chi connectivity index (χ4n) is 8.73. The van der Waals surface area contributed by atoms with Crippen molar-refractivity contribution in [1.82, 2.24) is 29.3 Å². The molecule has 38 heavy (non-hydrogen) atoms. The monoisotopic (exact) mass is 616 g/mol. The summed E-state index contributed by atoms with van der Waals surface area (Å²) in [5, 5.41) is 4.99. The zero-order valence-electron chi connectivity index (χ0n) is 21.8. The van der Waals surface area contributed by atoms with Crippen LogP contribution in [-0.4, -0.2) is 53.1 Å². The van der Waals surface area contributed by atoms with Crippen LogP contribution in [0.3, 0.4) is 0 Å². The standard InChI is InChI=1S/C31H33IN6/c1-17(37-16-22-13-25-31(22)26(35-25)14-27(31)37)21-10-19(7-8-32)28-23(11-21)34-30(36(28)2)24-12-20-4-3-9-33-29(20)38(24)15-18-5-6-18/h3-4,9-12,18,22,25-27,35H,1,5-8,13-16H2,2H3/t22?,25?,26-,27?,31?/m1/s1. The van der Waals surface area contributed by atoms with Gasteiger partial charge in [0.25, 0.3) is 0 Å². The molecule has 3 aromatic heterocycles. The number of halogens is 1. The topological polar surface area (TPSA) is 50.9 Å². The van der Waals surface area contributed by atoms with E-state index in [1.165, 1.54) is 65.6 Å². The van der Waals surface area contributed by atoms with Gasteiger partial charge in [-0.1, -0.05) is 29.2 Å². The van der Waals surface area contributed by atoms with Crippen LogP contribution in [0.15, 0.2) is 43.1 Å². The number of hydrogen-bond donors (Lipinski definition) is 1. The molecule has 5 heterocycles. The van der Waals surface area contributed by atoms with Gasteiger partial charge in [-0.05, 0) is 85.4 Å². The molecule has 0 amide bonds. The minimum atomic E-state index is 0.569. The summed E-state index contributed by atoms with van der Waals surface area (Å²) in [4.78, 5) is 12.8. The lowest BCUT2D eigenvalue weighted by Crippen LogP contribution is -2.88. The number of piperidine rings is 2. The second-order valence-electron chi connectivity index (χ2n) is 12.5. The molecule has 1 spiro atoms. The minimum absolute atomic E-state index is 0.569. The highest BCUT2D eigenvalue weighted by atomic mass is 127. The second kappa shape index (κ2) is 7.62. The lowest BCUT2D eigenvalue weighted by Gasteiger charge is -2.75. The van der Waals surface area contributed by atoms with E-state index in [1.54, 1.807) is 0 Å². The Kier molecular flexibility index (Phi) is 4.50. The number of pyridine rings is 1. The predicted molar refractivity (Wildman–Crippen MR) is 160 cm³/mol. The van der Waals surface area contributed by atoms with Crippen molar-refractivity contribution in [3.63, 3.8) is 0 Å². The molecule has 1 N–H and O–H groups in total. The first kappa shape index (κ1) is 22.4. The minimum Gasteiger partial charge on any atom is -0.367 e. The summed E-state index contributed by atoms with van der Waals surface area (Å²) in [5.41, 5.74) is 9.03. The molecule has 0 bridgehead atoms. The highest BCUT2D eigenvalue weighted by Gasteiger charge is 2.80. The number of fused-ring (bicyclic) bond motifs is 2. The van der Waals surface area contributed by atoms with Gasteiger partial charge in [-0.25, -0.2) is 9.97 Å². The van der Waals surface area contributed by atoms with Crippen molar-refractivity contribution >= 4 is 50.4 Å². The smallest absolute Gasteiger partial charge is 0.157 e. The maximum Gasteiger partial charge on any atom is 0.157 e. The maximum absolute atomic E-state index is 5.33. The summed E-state index contributed by atoms with van der Waals surface area (Å²) in [5.74, 6) is 2.66. The Bertz CT molecular complexity index is 1660. The highest BCUT2D eigenvalue weighted by molar-refractivity contribution is 14.1. The molecule has 4 aromatic rings. The molecule has 2 saturated heterocycles. The van der Waals surface area contributed by atoms with Gasteiger partial charge in [0.05, 0.1) is 16.7 Å². The van der Waals surface area contributed by atoms with Crippen molar-refractivity contribution in [2.75, 3.05) is 11.0 Å². The summed E-state index contributed by atoms with van der Waals surface area (Å²) in [6.07, 6.45) is 8.21. The van der Waals surface area contributed by atoms with Crippen molar-refractivity contribution in [3.8, 4) is 11.5 Å². The number of likely N-dealkylation sites (tertiary alicyclic amines) is 1. The molecule has 1 aromatic carbocycles. The number of aromatic nitrogens is 4. The number of benzene rings is 1. The Morgan fingerprint density at radius 3 is 2.84 bits per heavy atom. The molecule has 5 aliphatic rings. The van der Waals surface area contributed by atoms with Gasteiger partial charge in [0.1, 0.15) is 5.65 Å². The first-order valence-electron chi connectivity index (χ1n) is 14.3. The fraction of sp³-hybridized carbons (Fsp3) is 0.484. The Hall–Kier alpha value is -2.39. The van der Waals surface area contributed by atoms with Crippen LogP contribution in [0.2, 0.25) is 0 Å². The number of aryl methyl sites for hydroxylation is 2. The summed E-state index contributed by atoms with van der Waals surface area (Å²) >= 11 is 2.51. The Labute approximate surface area is 236 Å². The molecule has 3 aliphatic carbocycles. The number of hydrogen-bond acceptors (Lipinski definition) is 4. The predicted octanol–water partition coefficient (Wildman–Crippen LogP) is 5.38. The zero-order valence-corrected chi connectivity index (χ0v) is 24.0. The van der Waals surface area contributed by atoms with Gasteiger partial charge < -0.3 is 19.4 Å². The lowest BCUT2D eigenvalue weighted by atomic mass is 9.39. The van der Waals surface area contributed by atoms with Crippen LogP contribution in [0.4, 0.5) is 0 Å². The highest BCUT2D eigenvalue weighted by Crippen LogP contribution is 2.71. The molecule has 5 fully saturated rings. The van der Waals surface area contributed by atoms with Gasteiger partial charge in [-0.3, -0.25) is 0 Å². The maximum atomic E-state index is 5.33. The van der Waals surface area contributed by atoms with Gasteiger partial charge in [-0.2, -0.15) is 0 Å². The molecule has 3 saturated carbocycles. The van der Waals surface area contributed by atoms with E-state index in [4.69, 9.17) is 16.5 Å². The van der Waals surface area contributed by atoms with E-state index >= 15 is 0 Å². The largest absolute Gasteiger partial charge is 0.367 e. The third-order valence-electron chi connectivity index (χ3n) is 10.8. The first-order chi connectivity index (χ1) is 18.6. The van der Waals surface area contributed by atoms with Crippen LogP contribution in [0.5, 0.6) is 0 Å². The zero-order chi connectivity index (χ0) is 25.3. The van der Waals surface area contributed by atoms with E-state index in [0.29, 0.717) is 11.5 Å². The van der Waals surface area contributed by atoms with Crippen LogP contribution in [0, 0.1) is 17.3 Å². The molecular weight excluding hydrogens is 583 g/mol. The van der Waals surface area contributed by atoms with Gasteiger partial charge in [0, 0.05) is 65.4 Å². The second-order valence-corrected chi connectivity index (χ2v) is 13.6. The Balaban J connectivity index is 1.15. The Morgan fingerprint density at radius 1 is 1.21 bits per heavy atom. The summed E-state index contributed by atoms with van der Waals surface area (Å²) in [6, 6.07) is 13.4. The number of alkyl halides is 1. The van der Waals surface area contributed by atoms with Crippen LogP contribution in [-0.2, 0) is 20.0 Å². The van der Waals surface area contributed by atoms with Crippen LogP contribution in [0.25, 0.3) is 39.3 Å². The number of rotatable bonds is 7. The van der Waals surface area contributed by atoms with Crippen LogP contribution >= 0.6 is 22.6 Å². The van der Waals surface area contributed by atoms with Crippen LogP contribution < -0.4 is 5.32 Å². The third kappa shape index (κ3) is 2.72. The molecular formula is C31H33IN6. The number of nitrogens with zero attached hydrogens (tertiary/aromatic N) is 5. The van der Waals surface area contributed by atoms with Crippen molar-refractivity contribution in [2.45, 2.75) is 56.8 Å². The molecule has 4 unspecified atom stereocenters. The van der Waals surface area contributed by atoms with Crippen molar-refractivity contribution in [3.05, 3.63) is 54.2 Å². The molecule has 0 radical (unpaired) electrons. The summed E-state index contributed by atoms with van der Waals surface area (Å²) in [6.45, 7) is 6.90. The van der Waals surface area contributed by atoms with Gasteiger partial charge >= 0.3 is 0 Å².